The third kappa shape index (κ3) is 3.48. The Morgan fingerprint density at radius 2 is 1.76 bits per heavy atom. The van der Waals surface area contributed by atoms with Gasteiger partial charge in [-0.05, 0) is 56.9 Å². The molecule has 1 aromatic rings. The van der Waals surface area contributed by atoms with Crippen molar-refractivity contribution in [2.75, 3.05) is 0 Å². The third-order valence-electron chi connectivity index (χ3n) is 2.66. The summed E-state index contributed by atoms with van der Waals surface area (Å²) in [5.74, 6) is 0.938. The van der Waals surface area contributed by atoms with Gasteiger partial charge in [-0.3, -0.25) is 0 Å². The van der Waals surface area contributed by atoms with Gasteiger partial charge in [0.15, 0.2) is 0 Å². The van der Waals surface area contributed by atoms with Crippen LogP contribution in [-0.2, 0) is 0 Å². The van der Waals surface area contributed by atoms with E-state index in [1.807, 2.05) is 0 Å². The van der Waals surface area contributed by atoms with Gasteiger partial charge in [-0.2, -0.15) is 0 Å². The predicted octanol–water partition coefficient (Wildman–Crippen LogP) is 4.60. The van der Waals surface area contributed by atoms with Crippen LogP contribution < -0.4 is 4.74 Å². The molecule has 0 saturated carbocycles. The summed E-state index contributed by atoms with van der Waals surface area (Å²) < 4.78 is 5.81. The molecule has 0 saturated heterocycles. The minimum absolute atomic E-state index is 0.131. The smallest absolute Gasteiger partial charge is 0.120 e. The number of hydrogen-bond donors (Lipinski definition) is 0. The number of rotatable bonds is 2. The van der Waals surface area contributed by atoms with E-state index in [1.165, 1.54) is 11.1 Å². The largest absolute Gasteiger partial charge is 0.488 e. The Bertz CT molecular complexity index is 430. The van der Waals surface area contributed by atoms with Crippen molar-refractivity contribution in [2.24, 2.45) is 0 Å². The predicted molar refractivity (Wildman–Crippen MR) is 73.2 cm³/mol. The van der Waals surface area contributed by atoms with Crippen LogP contribution in [0.2, 0.25) is 0 Å². The lowest BCUT2D eigenvalue weighted by Crippen LogP contribution is -2.22. The molecule has 17 heavy (non-hydrogen) atoms. The van der Waals surface area contributed by atoms with Crippen LogP contribution in [0.4, 0.5) is 0 Å². The molecule has 0 unspecified atom stereocenters. The van der Waals surface area contributed by atoms with Crippen molar-refractivity contribution in [3.05, 3.63) is 48.1 Å². The highest BCUT2D eigenvalue weighted by molar-refractivity contribution is 5.68. The second-order valence-electron chi connectivity index (χ2n) is 5.40. The zero-order valence-electron chi connectivity index (χ0n) is 10.9. The van der Waals surface area contributed by atoms with E-state index in [0.717, 1.165) is 18.6 Å². The van der Waals surface area contributed by atoms with Gasteiger partial charge in [0.05, 0.1) is 0 Å². The van der Waals surface area contributed by atoms with Gasteiger partial charge in [-0.25, -0.2) is 0 Å². The first kappa shape index (κ1) is 12.0. The van der Waals surface area contributed by atoms with Gasteiger partial charge in [-0.15, -0.1) is 0 Å². The lowest BCUT2D eigenvalue weighted by Gasteiger charge is -2.21. The molecule has 0 bridgehead atoms. The van der Waals surface area contributed by atoms with Crippen LogP contribution in [0.1, 0.15) is 39.2 Å². The average Bonchev–Trinajstić information content (AvgIpc) is 2.29. The molecule has 0 heterocycles. The number of benzene rings is 1. The first-order valence-corrected chi connectivity index (χ1v) is 6.20. The number of allylic oxidation sites excluding steroid dienone is 4. The molecule has 0 spiro atoms. The molecular formula is C16H20O. The van der Waals surface area contributed by atoms with Crippen molar-refractivity contribution in [2.45, 2.75) is 39.2 Å². The summed E-state index contributed by atoms with van der Waals surface area (Å²) in [5.41, 5.74) is 2.58. The molecule has 1 nitrogen and oxygen atoms in total. The topological polar surface area (TPSA) is 9.23 Å². The van der Waals surface area contributed by atoms with Crippen LogP contribution in [0, 0.1) is 0 Å². The van der Waals surface area contributed by atoms with E-state index in [-0.39, 0.29) is 5.60 Å². The SMILES string of the molecule is CC(C)(C)Oc1ccc(C2=CC=CCC2)cc1. The fraction of sp³-hybridized carbons (Fsp3) is 0.375. The van der Waals surface area contributed by atoms with E-state index < -0.39 is 0 Å². The van der Waals surface area contributed by atoms with Crippen LogP contribution in [-0.4, -0.2) is 5.60 Å². The van der Waals surface area contributed by atoms with Gasteiger partial charge in [0.25, 0.3) is 0 Å². The highest BCUT2D eigenvalue weighted by Gasteiger charge is 2.11. The summed E-state index contributed by atoms with van der Waals surface area (Å²) in [6.07, 6.45) is 8.82. The fourth-order valence-electron chi connectivity index (χ4n) is 1.93. The maximum atomic E-state index is 5.81. The zero-order valence-corrected chi connectivity index (χ0v) is 10.9. The Kier molecular flexibility index (Phi) is 3.37. The van der Waals surface area contributed by atoms with E-state index >= 15 is 0 Å². The van der Waals surface area contributed by atoms with E-state index in [1.54, 1.807) is 0 Å². The van der Waals surface area contributed by atoms with Crippen molar-refractivity contribution >= 4 is 5.57 Å². The minimum atomic E-state index is -0.131. The van der Waals surface area contributed by atoms with Crippen LogP contribution in [0.25, 0.3) is 5.57 Å². The monoisotopic (exact) mass is 228 g/mol. The van der Waals surface area contributed by atoms with E-state index in [4.69, 9.17) is 4.74 Å². The summed E-state index contributed by atoms with van der Waals surface area (Å²) in [5, 5.41) is 0. The molecule has 0 aromatic heterocycles. The van der Waals surface area contributed by atoms with Gasteiger partial charge in [-0.1, -0.05) is 30.4 Å². The highest BCUT2D eigenvalue weighted by Crippen LogP contribution is 2.26. The molecule has 2 rings (SSSR count). The quantitative estimate of drug-likeness (QED) is 0.719. The molecule has 1 aliphatic rings. The van der Waals surface area contributed by atoms with Crippen LogP contribution >= 0.6 is 0 Å². The second kappa shape index (κ2) is 4.79. The Labute approximate surface area is 104 Å². The summed E-state index contributed by atoms with van der Waals surface area (Å²) in [7, 11) is 0. The van der Waals surface area contributed by atoms with Crippen molar-refractivity contribution in [3.8, 4) is 5.75 Å². The molecule has 0 aliphatic heterocycles. The Balaban J connectivity index is 2.13. The maximum absolute atomic E-state index is 5.81. The van der Waals surface area contributed by atoms with E-state index in [2.05, 4.69) is 63.3 Å². The first-order valence-electron chi connectivity index (χ1n) is 6.20. The Morgan fingerprint density at radius 1 is 1.06 bits per heavy atom. The Hall–Kier alpha value is -1.50. The lowest BCUT2D eigenvalue weighted by molar-refractivity contribution is 0.131. The van der Waals surface area contributed by atoms with Gasteiger partial charge in [0.2, 0.25) is 0 Å². The molecule has 0 amide bonds. The third-order valence-corrected chi connectivity index (χ3v) is 2.66. The molecule has 1 heteroatoms. The zero-order chi connectivity index (χ0) is 12.3. The maximum Gasteiger partial charge on any atom is 0.120 e. The summed E-state index contributed by atoms with van der Waals surface area (Å²) in [6, 6.07) is 8.40. The highest BCUT2D eigenvalue weighted by atomic mass is 16.5. The molecule has 0 atom stereocenters. The standard InChI is InChI=1S/C16H20O/c1-16(2,3)17-15-11-9-14(10-12-15)13-7-5-4-6-8-13/h4-5,7,9-12H,6,8H2,1-3H3. The summed E-state index contributed by atoms with van der Waals surface area (Å²) in [4.78, 5) is 0. The molecule has 90 valence electrons. The van der Waals surface area contributed by atoms with E-state index in [9.17, 15) is 0 Å². The molecule has 1 aromatic carbocycles. The molecule has 0 N–H and O–H groups in total. The van der Waals surface area contributed by atoms with Crippen molar-refractivity contribution < 1.29 is 4.74 Å². The van der Waals surface area contributed by atoms with Gasteiger partial charge in [0, 0.05) is 0 Å². The van der Waals surface area contributed by atoms with E-state index in [0.29, 0.717) is 0 Å². The lowest BCUT2D eigenvalue weighted by atomic mass is 9.97. The van der Waals surface area contributed by atoms with Crippen LogP contribution in [0.5, 0.6) is 5.75 Å². The van der Waals surface area contributed by atoms with Gasteiger partial charge in [0.1, 0.15) is 11.4 Å². The van der Waals surface area contributed by atoms with Crippen LogP contribution in [0.3, 0.4) is 0 Å². The van der Waals surface area contributed by atoms with Crippen molar-refractivity contribution in [3.63, 3.8) is 0 Å². The molecule has 0 radical (unpaired) electrons. The summed E-state index contributed by atoms with van der Waals surface area (Å²) in [6.45, 7) is 6.19. The van der Waals surface area contributed by atoms with Gasteiger partial charge >= 0.3 is 0 Å². The fourth-order valence-corrected chi connectivity index (χ4v) is 1.93. The van der Waals surface area contributed by atoms with Crippen molar-refractivity contribution in [1.82, 2.24) is 0 Å². The summed E-state index contributed by atoms with van der Waals surface area (Å²) >= 11 is 0. The van der Waals surface area contributed by atoms with Gasteiger partial charge < -0.3 is 4.74 Å². The normalized spacial score (nSPS) is 15.6. The molecule has 1 aliphatic carbocycles. The van der Waals surface area contributed by atoms with Crippen LogP contribution in [0.15, 0.2) is 42.5 Å². The Morgan fingerprint density at radius 3 is 2.29 bits per heavy atom. The molecular weight excluding hydrogens is 208 g/mol. The number of ether oxygens (including phenoxy) is 1. The molecule has 0 fully saturated rings. The van der Waals surface area contributed by atoms with Crippen molar-refractivity contribution in [1.29, 1.82) is 0 Å². The number of hydrogen-bond acceptors (Lipinski definition) is 1. The second-order valence-corrected chi connectivity index (χ2v) is 5.40. The minimum Gasteiger partial charge on any atom is -0.488 e. The first-order chi connectivity index (χ1) is 8.04. The average molecular weight is 228 g/mol.